The van der Waals surface area contributed by atoms with Gasteiger partial charge in [0.1, 0.15) is 0 Å². The Hall–Kier alpha value is -1.40. The number of carbonyl (C=O) groups is 1. The van der Waals surface area contributed by atoms with Crippen molar-refractivity contribution >= 4 is 5.91 Å². The van der Waals surface area contributed by atoms with Crippen molar-refractivity contribution in [1.82, 2.24) is 14.7 Å². The summed E-state index contributed by atoms with van der Waals surface area (Å²) in [5.74, 6) is -0.0322. The van der Waals surface area contributed by atoms with Gasteiger partial charge in [-0.1, -0.05) is 0 Å². The van der Waals surface area contributed by atoms with E-state index in [2.05, 4.69) is 5.10 Å². The summed E-state index contributed by atoms with van der Waals surface area (Å²) in [7, 11) is 0. The van der Waals surface area contributed by atoms with Gasteiger partial charge in [0.2, 0.25) is 0 Å². The van der Waals surface area contributed by atoms with Gasteiger partial charge >= 0.3 is 0 Å². The third-order valence-corrected chi connectivity index (χ3v) is 3.59. The molecule has 1 aromatic heterocycles. The lowest BCUT2D eigenvalue weighted by molar-refractivity contribution is 0.0473. The summed E-state index contributed by atoms with van der Waals surface area (Å²) >= 11 is 0. The highest BCUT2D eigenvalue weighted by Crippen LogP contribution is 2.16. The van der Waals surface area contributed by atoms with Gasteiger partial charge in [-0.15, -0.1) is 0 Å². The van der Waals surface area contributed by atoms with E-state index in [9.17, 15) is 9.90 Å². The van der Waals surface area contributed by atoms with Gasteiger partial charge in [-0.05, 0) is 32.7 Å². The third-order valence-electron chi connectivity index (χ3n) is 3.59. The Labute approximate surface area is 113 Å². The van der Waals surface area contributed by atoms with Crippen LogP contribution in [0.3, 0.4) is 0 Å². The van der Waals surface area contributed by atoms with Gasteiger partial charge in [-0.25, -0.2) is 0 Å². The SMILES string of the molecule is Cc1c(C(=O)N2CCCC(O)C2)cnn1CCCN. The van der Waals surface area contributed by atoms with E-state index in [-0.39, 0.29) is 5.91 Å². The van der Waals surface area contributed by atoms with E-state index in [1.165, 1.54) is 0 Å². The lowest BCUT2D eigenvalue weighted by Crippen LogP contribution is -2.42. The molecule has 1 amide bonds. The van der Waals surface area contributed by atoms with E-state index < -0.39 is 6.10 Å². The van der Waals surface area contributed by atoms with Crippen LogP contribution in [0.25, 0.3) is 0 Å². The minimum absolute atomic E-state index is 0.0322. The number of hydrogen-bond donors (Lipinski definition) is 2. The van der Waals surface area contributed by atoms with Gasteiger partial charge in [-0.3, -0.25) is 9.48 Å². The van der Waals surface area contributed by atoms with Crippen molar-refractivity contribution in [2.24, 2.45) is 5.73 Å². The molecule has 19 heavy (non-hydrogen) atoms. The molecule has 1 unspecified atom stereocenters. The van der Waals surface area contributed by atoms with Crippen LogP contribution in [0.4, 0.5) is 0 Å². The lowest BCUT2D eigenvalue weighted by Gasteiger charge is -2.30. The topological polar surface area (TPSA) is 84.4 Å². The summed E-state index contributed by atoms with van der Waals surface area (Å²) in [5.41, 5.74) is 6.99. The minimum atomic E-state index is -0.398. The Kier molecular flexibility index (Phi) is 4.55. The molecule has 3 N–H and O–H groups in total. The molecule has 1 atom stereocenters. The molecular weight excluding hydrogens is 244 g/mol. The molecule has 1 aliphatic rings. The fourth-order valence-corrected chi connectivity index (χ4v) is 2.43. The summed E-state index contributed by atoms with van der Waals surface area (Å²) < 4.78 is 1.82. The highest BCUT2D eigenvalue weighted by atomic mass is 16.3. The third kappa shape index (κ3) is 3.13. The number of aryl methyl sites for hydroxylation is 1. The minimum Gasteiger partial charge on any atom is -0.391 e. The highest BCUT2D eigenvalue weighted by molar-refractivity contribution is 5.95. The Morgan fingerprint density at radius 1 is 1.63 bits per heavy atom. The number of likely N-dealkylation sites (tertiary alicyclic amines) is 1. The number of aromatic nitrogens is 2. The van der Waals surface area contributed by atoms with E-state index >= 15 is 0 Å². The summed E-state index contributed by atoms with van der Waals surface area (Å²) in [5, 5.41) is 13.9. The van der Waals surface area contributed by atoms with Crippen LogP contribution in [0, 0.1) is 6.92 Å². The highest BCUT2D eigenvalue weighted by Gasteiger charge is 2.25. The number of nitrogens with zero attached hydrogens (tertiary/aromatic N) is 3. The van der Waals surface area contributed by atoms with Crippen LogP contribution in [0.2, 0.25) is 0 Å². The molecule has 0 aliphatic carbocycles. The maximum atomic E-state index is 12.4. The molecule has 6 nitrogen and oxygen atoms in total. The molecule has 0 bridgehead atoms. The number of aliphatic hydroxyl groups is 1. The molecule has 2 heterocycles. The van der Waals surface area contributed by atoms with Gasteiger partial charge in [0, 0.05) is 25.3 Å². The number of carbonyl (C=O) groups excluding carboxylic acids is 1. The van der Waals surface area contributed by atoms with Crippen molar-refractivity contribution in [3.8, 4) is 0 Å². The van der Waals surface area contributed by atoms with Crippen LogP contribution >= 0.6 is 0 Å². The van der Waals surface area contributed by atoms with Crippen molar-refractivity contribution in [2.75, 3.05) is 19.6 Å². The predicted octanol–water partition coefficient (Wildman–Crippen LogP) is 0.137. The van der Waals surface area contributed by atoms with Crippen LogP contribution in [0.5, 0.6) is 0 Å². The van der Waals surface area contributed by atoms with Crippen LogP contribution < -0.4 is 5.73 Å². The lowest BCUT2D eigenvalue weighted by atomic mass is 10.1. The van der Waals surface area contributed by atoms with Crippen LogP contribution in [0.1, 0.15) is 35.3 Å². The number of nitrogens with two attached hydrogens (primary N) is 1. The Bertz CT molecular complexity index is 444. The van der Waals surface area contributed by atoms with Crippen molar-refractivity contribution in [3.63, 3.8) is 0 Å². The standard InChI is InChI=1S/C13H22N4O2/c1-10-12(8-15-17(10)7-3-5-14)13(19)16-6-2-4-11(18)9-16/h8,11,18H,2-7,9,14H2,1H3. The van der Waals surface area contributed by atoms with Crippen molar-refractivity contribution in [3.05, 3.63) is 17.5 Å². The van der Waals surface area contributed by atoms with Gasteiger partial charge in [0.05, 0.1) is 17.9 Å². The monoisotopic (exact) mass is 266 g/mol. The van der Waals surface area contributed by atoms with Crippen LogP contribution in [0.15, 0.2) is 6.20 Å². The zero-order chi connectivity index (χ0) is 13.8. The van der Waals surface area contributed by atoms with Crippen LogP contribution in [-0.4, -0.2) is 51.4 Å². The molecular formula is C13H22N4O2. The fraction of sp³-hybridized carbons (Fsp3) is 0.692. The summed E-state index contributed by atoms with van der Waals surface area (Å²) in [4.78, 5) is 14.1. The maximum Gasteiger partial charge on any atom is 0.257 e. The summed E-state index contributed by atoms with van der Waals surface area (Å²) in [6, 6.07) is 0. The Morgan fingerprint density at radius 3 is 3.11 bits per heavy atom. The van der Waals surface area contributed by atoms with E-state index in [1.54, 1.807) is 11.1 Å². The second-order valence-electron chi connectivity index (χ2n) is 5.06. The molecule has 0 aromatic carbocycles. The normalized spacial score (nSPS) is 19.7. The number of rotatable bonds is 4. The summed E-state index contributed by atoms with van der Waals surface area (Å²) in [6.07, 6.45) is 3.70. The first-order chi connectivity index (χ1) is 9.13. The van der Waals surface area contributed by atoms with Crippen molar-refractivity contribution in [2.45, 2.75) is 38.8 Å². The molecule has 1 aliphatic heterocycles. The molecule has 6 heteroatoms. The molecule has 1 aromatic rings. The van der Waals surface area contributed by atoms with Crippen molar-refractivity contribution in [1.29, 1.82) is 0 Å². The number of piperidine rings is 1. The maximum absolute atomic E-state index is 12.4. The number of aliphatic hydroxyl groups excluding tert-OH is 1. The van der Waals surface area contributed by atoms with E-state index in [1.807, 2.05) is 11.6 Å². The smallest absolute Gasteiger partial charge is 0.257 e. The predicted molar refractivity (Wildman–Crippen MR) is 71.8 cm³/mol. The van der Waals surface area contributed by atoms with E-state index in [0.717, 1.165) is 31.5 Å². The zero-order valence-electron chi connectivity index (χ0n) is 11.4. The average molecular weight is 266 g/mol. The first-order valence-corrected chi connectivity index (χ1v) is 6.83. The summed E-state index contributed by atoms with van der Waals surface area (Å²) in [6.45, 7) is 4.38. The largest absolute Gasteiger partial charge is 0.391 e. The average Bonchev–Trinajstić information content (AvgIpc) is 2.77. The fourth-order valence-electron chi connectivity index (χ4n) is 2.43. The molecule has 0 radical (unpaired) electrons. The first kappa shape index (κ1) is 14.0. The molecule has 2 rings (SSSR count). The Morgan fingerprint density at radius 2 is 2.42 bits per heavy atom. The number of β-amino-alcohol motifs (C(OH)–C–C–N with tert-alkyl or cyclic N) is 1. The van der Waals surface area contributed by atoms with Crippen LogP contribution in [-0.2, 0) is 6.54 Å². The molecule has 0 spiro atoms. The van der Waals surface area contributed by atoms with E-state index in [4.69, 9.17) is 5.73 Å². The number of amides is 1. The molecule has 1 fully saturated rings. The number of hydrogen-bond acceptors (Lipinski definition) is 4. The van der Waals surface area contributed by atoms with Gasteiger partial charge in [-0.2, -0.15) is 5.10 Å². The molecule has 106 valence electrons. The quantitative estimate of drug-likeness (QED) is 0.811. The second-order valence-corrected chi connectivity index (χ2v) is 5.06. The zero-order valence-corrected chi connectivity index (χ0v) is 11.4. The Balaban J connectivity index is 2.08. The van der Waals surface area contributed by atoms with Gasteiger partial charge in [0.25, 0.3) is 5.91 Å². The first-order valence-electron chi connectivity index (χ1n) is 6.83. The van der Waals surface area contributed by atoms with Gasteiger partial charge in [0.15, 0.2) is 0 Å². The second kappa shape index (κ2) is 6.16. The molecule has 1 saturated heterocycles. The molecule has 0 saturated carbocycles. The van der Waals surface area contributed by atoms with Gasteiger partial charge < -0.3 is 15.7 Å². The van der Waals surface area contributed by atoms with Crippen molar-refractivity contribution < 1.29 is 9.90 Å². The van der Waals surface area contributed by atoms with E-state index in [0.29, 0.717) is 25.2 Å².